The number of benzene rings is 1. The lowest BCUT2D eigenvalue weighted by molar-refractivity contribution is 0.393. The number of pyridine rings is 1. The molecule has 1 aromatic carbocycles. The Bertz CT molecular complexity index is 1660. The average molecular weight is 520 g/mol. The molecule has 0 spiro atoms. The zero-order valence-corrected chi connectivity index (χ0v) is 22.0. The van der Waals surface area contributed by atoms with Gasteiger partial charge in [0.05, 0.1) is 27.5 Å². The number of aromatic nitrogens is 5. The predicted octanol–water partition coefficient (Wildman–Crippen LogP) is 5.68. The van der Waals surface area contributed by atoms with Crippen molar-refractivity contribution in [2.75, 3.05) is 6.26 Å². The molecule has 5 rings (SSSR count). The van der Waals surface area contributed by atoms with Crippen molar-refractivity contribution in [1.29, 1.82) is 0 Å². The van der Waals surface area contributed by atoms with E-state index in [0.717, 1.165) is 29.7 Å². The molecule has 184 valence electrons. The first kappa shape index (κ1) is 24.2. The van der Waals surface area contributed by atoms with Gasteiger partial charge in [-0.3, -0.25) is 0 Å². The van der Waals surface area contributed by atoms with Gasteiger partial charge in [0.1, 0.15) is 5.76 Å². The van der Waals surface area contributed by atoms with E-state index < -0.39 is 10.0 Å². The summed E-state index contributed by atoms with van der Waals surface area (Å²) in [7, 11) is -3.93. The van der Waals surface area contributed by atoms with Crippen LogP contribution in [0.2, 0.25) is 0 Å². The summed E-state index contributed by atoms with van der Waals surface area (Å²) in [6.45, 7) is 5.74. The van der Waals surface area contributed by atoms with Crippen molar-refractivity contribution in [3.63, 3.8) is 0 Å². The monoisotopic (exact) mass is 519 g/mol. The quantitative estimate of drug-likeness (QED) is 0.200. The number of fused-ring (bicyclic) bond motifs is 1. The van der Waals surface area contributed by atoms with E-state index in [-0.39, 0.29) is 4.90 Å². The van der Waals surface area contributed by atoms with Gasteiger partial charge in [-0.25, -0.2) is 27.3 Å². The Hall–Kier alpha value is -3.50. The summed E-state index contributed by atoms with van der Waals surface area (Å²) in [6, 6.07) is 12.1. The van der Waals surface area contributed by atoms with Crippen molar-refractivity contribution < 1.29 is 12.9 Å². The normalized spacial score (nSPS) is 11.9. The Morgan fingerprint density at radius 3 is 2.50 bits per heavy atom. The minimum absolute atomic E-state index is 0.180. The van der Waals surface area contributed by atoms with Gasteiger partial charge in [-0.15, -0.1) is 0 Å². The van der Waals surface area contributed by atoms with Gasteiger partial charge in [-0.1, -0.05) is 48.5 Å². The van der Waals surface area contributed by atoms with Crippen molar-refractivity contribution in [1.82, 2.24) is 24.1 Å². The molecule has 0 saturated carbocycles. The van der Waals surface area contributed by atoms with E-state index in [1.165, 1.54) is 15.7 Å². The summed E-state index contributed by atoms with van der Waals surface area (Å²) in [5, 5.41) is 5.35. The lowest BCUT2D eigenvalue weighted by atomic mass is 10.0. The molecule has 4 aromatic heterocycles. The molecule has 0 fully saturated rings. The molecule has 0 aliphatic rings. The van der Waals surface area contributed by atoms with Crippen LogP contribution < -0.4 is 0 Å². The van der Waals surface area contributed by atoms with Crippen LogP contribution in [0.4, 0.5) is 0 Å². The first-order valence-corrected chi connectivity index (χ1v) is 14.2. The Labute approximate surface area is 213 Å². The van der Waals surface area contributed by atoms with Gasteiger partial charge in [0.15, 0.2) is 10.8 Å². The number of hydrogen-bond acceptors (Lipinski definition) is 8. The largest absolute Gasteiger partial charge is 0.361 e. The molecule has 4 heterocycles. The number of thioether (sulfide) groups is 1. The van der Waals surface area contributed by atoms with Crippen molar-refractivity contribution in [2.24, 2.45) is 0 Å². The maximum absolute atomic E-state index is 13.8. The maximum atomic E-state index is 13.8. The van der Waals surface area contributed by atoms with E-state index in [0.29, 0.717) is 38.9 Å². The van der Waals surface area contributed by atoms with Gasteiger partial charge in [-0.05, 0) is 56.4 Å². The van der Waals surface area contributed by atoms with Crippen LogP contribution in [0.1, 0.15) is 30.4 Å². The van der Waals surface area contributed by atoms with Crippen LogP contribution in [0.5, 0.6) is 0 Å². The van der Waals surface area contributed by atoms with Crippen LogP contribution in [0, 0.1) is 13.8 Å². The summed E-state index contributed by atoms with van der Waals surface area (Å²) in [4.78, 5) is 14.2. The van der Waals surface area contributed by atoms with Crippen molar-refractivity contribution >= 4 is 32.8 Å². The SMILES string of the molecule is CCCc1cnc(SC)nc1-c1cn(S(=O)(=O)c2ccccc2)c2nc(-c3c(C)noc3C)ccc12. The highest BCUT2D eigenvalue weighted by Gasteiger charge is 2.26. The summed E-state index contributed by atoms with van der Waals surface area (Å²) < 4.78 is 34.2. The molecule has 0 atom stereocenters. The lowest BCUT2D eigenvalue weighted by Crippen LogP contribution is -2.12. The van der Waals surface area contributed by atoms with Crippen molar-refractivity contribution in [2.45, 2.75) is 43.7 Å². The molecule has 0 aliphatic carbocycles. The molecule has 5 aromatic rings. The summed E-state index contributed by atoms with van der Waals surface area (Å²) >= 11 is 1.44. The van der Waals surface area contributed by atoms with Crippen LogP contribution in [-0.4, -0.2) is 38.8 Å². The maximum Gasteiger partial charge on any atom is 0.269 e. The number of aryl methyl sites for hydroxylation is 3. The second-order valence-corrected chi connectivity index (χ2v) is 11.0. The molecule has 10 heteroatoms. The third-order valence-corrected chi connectivity index (χ3v) is 8.24. The van der Waals surface area contributed by atoms with E-state index in [1.54, 1.807) is 36.5 Å². The van der Waals surface area contributed by atoms with E-state index in [2.05, 4.69) is 17.1 Å². The molecule has 8 nitrogen and oxygen atoms in total. The van der Waals surface area contributed by atoms with Crippen LogP contribution in [0.15, 0.2) is 69.4 Å². The number of rotatable bonds is 7. The molecule has 0 N–H and O–H groups in total. The van der Waals surface area contributed by atoms with Gasteiger partial charge in [0.25, 0.3) is 10.0 Å². The minimum Gasteiger partial charge on any atom is -0.361 e. The predicted molar refractivity (Wildman–Crippen MR) is 141 cm³/mol. The van der Waals surface area contributed by atoms with Crippen molar-refractivity contribution in [3.05, 3.63) is 71.9 Å². The Morgan fingerprint density at radius 2 is 1.83 bits per heavy atom. The molecule has 0 saturated heterocycles. The smallest absolute Gasteiger partial charge is 0.269 e. The molecule has 0 radical (unpaired) electrons. The third kappa shape index (κ3) is 4.10. The summed E-state index contributed by atoms with van der Waals surface area (Å²) in [5.74, 6) is 0.620. The highest BCUT2D eigenvalue weighted by molar-refractivity contribution is 7.98. The standard InChI is InChI=1S/C26H25N5O3S2/c1-5-9-18-14-27-26(35-4)29-24(18)21-15-31(36(32,33)19-10-7-6-8-11-19)25-20(21)12-13-22(28-25)23-16(2)30-34-17(23)3/h6-8,10-15H,5,9H2,1-4H3. The zero-order chi connectivity index (χ0) is 25.4. The van der Waals surface area contributed by atoms with Crippen molar-refractivity contribution in [3.8, 4) is 22.5 Å². The van der Waals surface area contributed by atoms with E-state index in [4.69, 9.17) is 14.5 Å². The van der Waals surface area contributed by atoms with E-state index >= 15 is 0 Å². The minimum atomic E-state index is -3.93. The fourth-order valence-electron chi connectivity index (χ4n) is 4.31. The van der Waals surface area contributed by atoms with Gasteiger partial charge in [-0.2, -0.15) is 0 Å². The van der Waals surface area contributed by atoms with Crippen LogP contribution in [0.25, 0.3) is 33.5 Å². The molecular formula is C26H25N5O3S2. The van der Waals surface area contributed by atoms with Gasteiger partial charge >= 0.3 is 0 Å². The topological polar surface area (TPSA) is 104 Å². The average Bonchev–Trinajstić information content (AvgIpc) is 3.44. The third-order valence-electron chi connectivity index (χ3n) is 6.01. The first-order valence-electron chi connectivity index (χ1n) is 11.5. The Balaban J connectivity index is 1.84. The fraction of sp³-hybridized carbons (Fsp3) is 0.231. The van der Waals surface area contributed by atoms with E-state index in [9.17, 15) is 8.42 Å². The molecular weight excluding hydrogens is 494 g/mol. The van der Waals surface area contributed by atoms with Crippen LogP contribution >= 0.6 is 11.8 Å². The van der Waals surface area contributed by atoms with Gasteiger partial charge < -0.3 is 4.52 Å². The number of hydrogen-bond donors (Lipinski definition) is 0. The van der Waals surface area contributed by atoms with Crippen LogP contribution in [0.3, 0.4) is 0 Å². The Kier molecular flexibility index (Phi) is 6.40. The molecule has 0 aliphatic heterocycles. The highest BCUT2D eigenvalue weighted by Crippen LogP contribution is 2.36. The number of nitrogens with zero attached hydrogens (tertiary/aromatic N) is 5. The van der Waals surface area contributed by atoms with Crippen LogP contribution in [-0.2, 0) is 16.4 Å². The lowest BCUT2D eigenvalue weighted by Gasteiger charge is -2.08. The molecule has 0 unspecified atom stereocenters. The molecule has 36 heavy (non-hydrogen) atoms. The van der Waals surface area contributed by atoms with E-state index in [1.807, 2.05) is 38.4 Å². The Morgan fingerprint density at radius 1 is 1.06 bits per heavy atom. The summed E-state index contributed by atoms with van der Waals surface area (Å²) in [5.41, 5.74) is 4.73. The highest BCUT2D eigenvalue weighted by atomic mass is 32.2. The van der Waals surface area contributed by atoms with Gasteiger partial charge in [0.2, 0.25) is 0 Å². The molecule has 0 bridgehead atoms. The first-order chi connectivity index (χ1) is 17.3. The summed E-state index contributed by atoms with van der Waals surface area (Å²) in [6.07, 6.45) is 7.05. The molecule has 0 amide bonds. The second-order valence-electron chi connectivity index (χ2n) is 8.40. The fourth-order valence-corrected chi connectivity index (χ4v) is 5.99. The zero-order valence-electron chi connectivity index (χ0n) is 20.4. The second kappa shape index (κ2) is 9.51. The van der Waals surface area contributed by atoms with Gasteiger partial charge in [0, 0.05) is 23.3 Å².